The number of hydrogen-bond acceptors (Lipinski definition) is 10. The van der Waals surface area contributed by atoms with Crippen LogP contribution in [-0.2, 0) is 59.2 Å². The van der Waals surface area contributed by atoms with E-state index in [0.717, 1.165) is 66.1 Å². The average Bonchev–Trinajstić information content (AvgIpc) is 3.29. The van der Waals surface area contributed by atoms with Gasteiger partial charge in [0.05, 0.1) is 13.2 Å². The normalized spacial score (nSPS) is 13.0. The Hall–Kier alpha value is -4.88. The van der Waals surface area contributed by atoms with Gasteiger partial charge in [-0.15, -0.1) is 0 Å². The quantitative estimate of drug-likeness (QED) is 0.0373. The number of carbonyl (C=O) groups is 8. The third-order valence-electron chi connectivity index (χ3n) is 9.81. The van der Waals surface area contributed by atoms with Crippen LogP contribution in [0.4, 0.5) is 0 Å². The molecule has 13 heteroatoms. The first kappa shape index (κ1) is 59.2. The SMILES string of the molecule is CC.CC.CCC1CCC(=O)NC1=O.CCc1c(C=O)cccc1CCC(=O)NCCCOCCNCC(=O)CCc1cccc(C(C)=O)c1CC.CNC(=O)CCC(C)C=O. The van der Waals surface area contributed by atoms with E-state index in [1.165, 1.54) is 0 Å². The molecule has 1 saturated heterocycles. The molecule has 0 aromatic heterocycles. The molecule has 0 bridgehead atoms. The minimum Gasteiger partial charge on any atom is -0.380 e. The Kier molecular flexibility index (Phi) is 36.1. The second kappa shape index (κ2) is 37.8. The van der Waals surface area contributed by atoms with Gasteiger partial charge in [0.25, 0.3) is 0 Å². The fourth-order valence-electron chi connectivity index (χ4n) is 6.30. The van der Waals surface area contributed by atoms with Crippen molar-refractivity contribution in [2.75, 3.05) is 39.9 Å². The fourth-order valence-corrected chi connectivity index (χ4v) is 6.30. The zero-order chi connectivity index (χ0) is 47.3. The Bertz CT molecular complexity index is 1640. The molecule has 0 saturated carbocycles. The predicted molar refractivity (Wildman–Crippen MR) is 247 cm³/mol. The first-order valence-electron chi connectivity index (χ1n) is 22.6. The second-order valence-corrected chi connectivity index (χ2v) is 14.2. The van der Waals surface area contributed by atoms with Gasteiger partial charge in [0.2, 0.25) is 23.6 Å². The van der Waals surface area contributed by atoms with E-state index >= 15 is 0 Å². The maximum Gasteiger partial charge on any atom is 0.229 e. The summed E-state index contributed by atoms with van der Waals surface area (Å²) in [5, 5.41) is 10.8. The first-order chi connectivity index (χ1) is 29.8. The van der Waals surface area contributed by atoms with Gasteiger partial charge in [-0.3, -0.25) is 38.9 Å². The Morgan fingerprint density at radius 2 is 1.47 bits per heavy atom. The van der Waals surface area contributed by atoms with Crippen molar-refractivity contribution in [3.05, 3.63) is 69.8 Å². The molecule has 13 nitrogen and oxygen atoms in total. The Balaban J connectivity index is 0. The van der Waals surface area contributed by atoms with E-state index < -0.39 is 0 Å². The van der Waals surface area contributed by atoms with E-state index in [1.54, 1.807) is 20.9 Å². The van der Waals surface area contributed by atoms with Gasteiger partial charge in [-0.05, 0) is 80.5 Å². The smallest absolute Gasteiger partial charge is 0.229 e. The maximum absolute atomic E-state index is 12.3. The lowest BCUT2D eigenvalue weighted by Crippen LogP contribution is -2.40. The highest BCUT2D eigenvalue weighted by Gasteiger charge is 2.24. The summed E-state index contributed by atoms with van der Waals surface area (Å²) < 4.78 is 5.59. The molecule has 0 radical (unpaired) electrons. The molecule has 3 rings (SSSR count). The number of aryl methyl sites for hydroxylation is 2. The van der Waals surface area contributed by atoms with Crippen molar-refractivity contribution in [2.45, 2.75) is 139 Å². The molecule has 2 aromatic carbocycles. The van der Waals surface area contributed by atoms with Gasteiger partial charge in [-0.25, -0.2) is 0 Å². The third-order valence-corrected chi connectivity index (χ3v) is 9.81. The number of nitrogens with one attached hydrogen (secondary N) is 4. The molecule has 62 heavy (non-hydrogen) atoms. The second-order valence-electron chi connectivity index (χ2n) is 14.2. The summed E-state index contributed by atoms with van der Waals surface area (Å²) >= 11 is 0. The van der Waals surface area contributed by atoms with Gasteiger partial charge in [-0.1, -0.05) is 91.8 Å². The maximum atomic E-state index is 12.3. The molecule has 4 N–H and O–H groups in total. The molecule has 1 fully saturated rings. The number of benzene rings is 2. The zero-order valence-corrected chi connectivity index (χ0v) is 39.5. The van der Waals surface area contributed by atoms with Gasteiger partial charge in [-0.2, -0.15) is 0 Å². The number of ketones is 2. The van der Waals surface area contributed by atoms with Crippen LogP contribution in [0.15, 0.2) is 36.4 Å². The Morgan fingerprint density at radius 3 is 2.03 bits per heavy atom. The minimum atomic E-state index is -0.130. The molecule has 0 spiro atoms. The molecule has 2 unspecified atom stereocenters. The van der Waals surface area contributed by atoms with E-state index in [0.29, 0.717) is 89.8 Å². The number of imide groups is 1. The summed E-state index contributed by atoms with van der Waals surface area (Å²) in [5.41, 5.74) is 5.63. The summed E-state index contributed by atoms with van der Waals surface area (Å²) in [6, 6.07) is 11.4. The number of ether oxygens (including phenoxy) is 1. The predicted octanol–water partition coefficient (Wildman–Crippen LogP) is 6.92. The number of hydrogen-bond donors (Lipinski definition) is 4. The van der Waals surface area contributed by atoms with Crippen molar-refractivity contribution in [2.24, 2.45) is 11.8 Å². The topological polar surface area (TPSA) is 194 Å². The minimum absolute atomic E-state index is 0.00250. The van der Waals surface area contributed by atoms with Crippen molar-refractivity contribution in [1.82, 2.24) is 21.3 Å². The average molecular weight is 867 g/mol. The Labute approximate surface area is 372 Å². The van der Waals surface area contributed by atoms with Crippen LogP contribution in [-0.4, -0.2) is 87.7 Å². The van der Waals surface area contributed by atoms with Crippen molar-refractivity contribution < 1.29 is 43.1 Å². The number of piperidine rings is 1. The van der Waals surface area contributed by atoms with Gasteiger partial charge in [0.1, 0.15) is 18.4 Å². The molecule has 4 amide bonds. The number of carbonyl (C=O) groups excluding carboxylic acids is 8. The highest BCUT2D eigenvalue weighted by atomic mass is 16.5. The molecule has 348 valence electrons. The summed E-state index contributed by atoms with van der Waals surface area (Å²) in [6.07, 6.45) is 9.20. The van der Waals surface area contributed by atoms with Gasteiger partial charge < -0.3 is 25.5 Å². The number of amides is 4. The zero-order valence-electron chi connectivity index (χ0n) is 39.5. The van der Waals surface area contributed by atoms with E-state index in [-0.39, 0.29) is 47.0 Å². The molecule has 1 aliphatic heterocycles. The molecule has 1 heterocycles. The van der Waals surface area contributed by atoms with Gasteiger partial charge >= 0.3 is 0 Å². The van der Waals surface area contributed by atoms with Crippen LogP contribution in [0.5, 0.6) is 0 Å². The molecular weight excluding hydrogens is 789 g/mol. The van der Waals surface area contributed by atoms with Crippen LogP contribution in [0.25, 0.3) is 0 Å². The van der Waals surface area contributed by atoms with Crippen molar-refractivity contribution in [3.63, 3.8) is 0 Å². The largest absolute Gasteiger partial charge is 0.380 e. The van der Waals surface area contributed by atoms with Crippen molar-refractivity contribution in [3.8, 4) is 0 Å². The van der Waals surface area contributed by atoms with Crippen LogP contribution in [0.3, 0.4) is 0 Å². The monoisotopic (exact) mass is 867 g/mol. The summed E-state index contributed by atoms with van der Waals surface area (Å²) in [7, 11) is 1.59. The highest BCUT2D eigenvalue weighted by molar-refractivity contribution is 5.98. The number of aldehydes is 2. The lowest BCUT2D eigenvalue weighted by molar-refractivity contribution is -0.136. The number of rotatable bonds is 24. The van der Waals surface area contributed by atoms with E-state index in [9.17, 15) is 38.4 Å². The van der Waals surface area contributed by atoms with Crippen LogP contribution >= 0.6 is 0 Å². The molecule has 0 aliphatic carbocycles. The Morgan fingerprint density at radius 1 is 0.839 bits per heavy atom. The molecule has 1 aliphatic rings. The van der Waals surface area contributed by atoms with Crippen molar-refractivity contribution in [1.29, 1.82) is 0 Å². The van der Waals surface area contributed by atoms with E-state index in [1.807, 2.05) is 84.9 Å². The highest BCUT2D eigenvalue weighted by Crippen LogP contribution is 2.19. The summed E-state index contributed by atoms with van der Waals surface area (Å²) in [4.78, 5) is 89.6. The third kappa shape index (κ3) is 25.8. The van der Waals surface area contributed by atoms with Crippen LogP contribution in [0.1, 0.15) is 157 Å². The van der Waals surface area contributed by atoms with Crippen LogP contribution in [0, 0.1) is 11.8 Å². The van der Waals surface area contributed by atoms with Gasteiger partial charge in [0, 0.05) is 75.4 Å². The van der Waals surface area contributed by atoms with Gasteiger partial charge in [0.15, 0.2) is 5.78 Å². The first-order valence-corrected chi connectivity index (χ1v) is 22.6. The summed E-state index contributed by atoms with van der Waals surface area (Å²) in [5.74, 6) is 0.00889. The van der Waals surface area contributed by atoms with E-state index in [2.05, 4.69) is 21.3 Å². The van der Waals surface area contributed by atoms with Crippen LogP contribution in [0.2, 0.25) is 0 Å². The number of Topliss-reactive ketones (excluding diaryl/α,β-unsaturated/α-hetero) is 2. The standard InChI is InChI=1S/C31H42N2O5.C7H11NO2.C7H13NO2.2C2H6/c1-4-28-24(9-6-11-26(28)22-34)14-16-31(37)33-17-8-19-38-20-18-32-21-27(36)15-13-25-10-7-12-30(23(3)35)29(25)5-2;1-2-5-3-4-6(9)8-7(5)10;1-6(5-9)3-4-7(10)8-2;2*1-2/h6-7,9-12,22,32H,4-5,8,13-21H2,1-3H3,(H,33,37);5H,2-4H2,1H3,(H,8,9,10);5-6H,3-4H2,1-2H3,(H,8,10);2*1-2H3. The van der Waals surface area contributed by atoms with Crippen molar-refractivity contribution >= 4 is 47.8 Å². The lowest BCUT2D eigenvalue weighted by Gasteiger charge is -2.18. The van der Waals surface area contributed by atoms with E-state index in [4.69, 9.17) is 4.74 Å². The summed E-state index contributed by atoms with van der Waals surface area (Å²) in [6.45, 7) is 19.8. The molecule has 2 aromatic rings. The lowest BCUT2D eigenvalue weighted by atomic mass is 9.93. The van der Waals surface area contributed by atoms with Crippen LogP contribution < -0.4 is 21.3 Å². The fraction of sp³-hybridized carbons (Fsp3) is 0.592. The molecular formula is C49H78N4O9. The molecule has 2 atom stereocenters.